The van der Waals surface area contributed by atoms with Crippen LogP contribution in [0.5, 0.6) is 11.5 Å². The Labute approximate surface area is 180 Å². The molecule has 0 bridgehead atoms. The molecule has 6 nitrogen and oxygen atoms in total. The van der Waals surface area contributed by atoms with Crippen LogP contribution in [0.3, 0.4) is 0 Å². The summed E-state index contributed by atoms with van der Waals surface area (Å²) < 4.78 is 12.3. The topological polar surface area (TPSA) is 81.8 Å². The van der Waals surface area contributed by atoms with Gasteiger partial charge in [-0.15, -0.1) is 11.3 Å². The molecule has 1 aliphatic rings. The van der Waals surface area contributed by atoms with Crippen LogP contribution in [0.4, 0.5) is 5.69 Å². The number of methoxy groups -OCH3 is 1. The van der Waals surface area contributed by atoms with Crippen molar-refractivity contribution >= 4 is 39.2 Å². The highest BCUT2D eigenvalue weighted by molar-refractivity contribution is 7.20. The highest BCUT2D eigenvalue weighted by Crippen LogP contribution is 2.39. The van der Waals surface area contributed by atoms with Crippen LogP contribution in [-0.2, 0) is 4.74 Å². The van der Waals surface area contributed by atoms with Gasteiger partial charge in [0.15, 0.2) is 0 Å². The lowest BCUT2D eigenvalue weighted by atomic mass is 10.0. The molecule has 1 aromatic carbocycles. The fourth-order valence-electron chi connectivity index (χ4n) is 3.35. The van der Waals surface area contributed by atoms with Crippen molar-refractivity contribution in [2.24, 2.45) is 10.9 Å². The van der Waals surface area contributed by atoms with Gasteiger partial charge in [-0.2, -0.15) is 0 Å². The SMILES string of the molecule is COCCNCC1C=NC(c2cc3nccc(Oc4ccc(N)cc4C)c3s2)=CC1. The van der Waals surface area contributed by atoms with E-state index in [9.17, 15) is 0 Å². The number of aromatic nitrogens is 1. The number of ether oxygens (including phenoxy) is 2. The Morgan fingerprint density at radius 1 is 1.23 bits per heavy atom. The number of allylic oxidation sites excluding steroid dienone is 1. The number of nitrogens with two attached hydrogens (primary N) is 1. The van der Waals surface area contributed by atoms with Gasteiger partial charge in [0.2, 0.25) is 0 Å². The van der Waals surface area contributed by atoms with Gasteiger partial charge in [0, 0.05) is 50.3 Å². The van der Waals surface area contributed by atoms with E-state index in [2.05, 4.69) is 22.4 Å². The Kier molecular flexibility index (Phi) is 6.42. The molecule has 0 saturated carbocycles. The minimum Gasteiger partial charge on any atom is -0.455 e. The highest BCUT2D eigenvalue weighted by Gasteiger charge is 2.16. The van der Waals surface area contributed by atoms with Gasteiger partial charge in [0.25, 0.3) is 0 Å². The first kappa shape index (κ1) is 20.5. The number of benzene rings is 1. The van der Waals surface area contributed by atoms with E-state index in [4.69, 9.17) is 20.2 Å². The minimum atomic E-state index is 0.408. The number of fused-ring (bicyclic) bond motifs is 1. The molecule has 1 atom stereocenters. The molecule has 0 amide bonds. The smallest absolute Gasteiger partial charge is 0.148 e. The van der Waals surface area contributed by atoms with Crippen molar-refractivity contribution in [2.45, 2.75) is 13.3 Å². The van der Waals surface area contributed by atoms with Crippen molar-refractivity contribution < 1.29 is 9.47 Å². The standard InChI is InChI=1S/C23H26N4O2S/c1-15-11-17(24)4-6-20(15)29-21-7-8-26-19-12-22(30-23(19)21)18-5-3-16(14-27-18)13-25-9-10-28-2/h4-8,11-12,14,16,25H,3,9-10,13,24H2,1-2H3. The second-order valence-electron chi connectivity index (χ2n) is 7.32. The maximum atomic E-state index is 6.20. The van der Waals surface area contributed by atoms with Crippen molar-refractivity contribution in [1.29, 1.82) is 0 Å². The zero-order valence-electron chi connectivity index (χ0n) is 17.2. The second kappa shape index (κ2) is 9.38. The molecule has 0 aliphatic carbocycles. The molecule has 0 radical (unpaired) electrons. The summed E-state index contributed by atoms with van der Waals surface area (Å²) in [7, 11) is 1.71. The molecule has 3 N–H and O–H groups in total. The van der Waals surface area contributed by atoms with Crippen molar-refractivity contribution in [1.82, 2.24) is 10.3 Å². The molecule has 156 valence electrons. The predicted molar refractivity (Wildman–Crippen MR) is 125 cm³/mol. The Morgan fingerprint density at radius 2 is 2.13 bits per heavy atom. The monoisotopic (exact) mass is 422 g/mol. The Bertz CT molecular complexity index is 1090. The van der Waals surface area contributed by atoms with Crippen LogP contribution in [0.25, 0.3) is 15.9 Å². The van der Waals surface area contributed by atoms with E-state index in [1.54, 1.807) is 24.6 Å². The lowest BCUT2D eigenvalue weighted by Gasteiger charge is -2.15. The Morgan fingerprint density at radius 3 is 2.90 bits per heavy atom. The fourth-order valence-corrected chi connectivity index (χ4v) is 4.41. The van der Waals surface area contributed by atoms with Gasteiger partial charge < -0.3 is 20.5 Å². The van der Waals surface area contributed by atoms with Crippen molar-refractivity contribution in [2.75, 3.05) is 32.5 Å². The van der Waals surface area contributed by atoms with E-state index >= 15 is 0 Å². The molecule has 2 aromatic heterocycles. The van der Waals surface area contributed by atoms with Crippen LogP contribution < -0.4 is 15.8 Å². The number of hydrogen-bond donors (Lipinski definition) is 2. The number of aliphatic imine (C=N–C) groups is 1. The van der Waals surface area contributed by atoms with Crippen LogP contribution in [0, 0.1) is 12.8 Å². The van der Waals surface area contributed by atoms with Gasteiger partial charge in [-0.05, 0) is 43.2 Å². The number of thiophene rings is 1. The highest BCUT2D eigenvalue weighted by atomic mass is 32.1. The summed E-state index contributed by atoms with van der Waals surface area (Å²) in [5, 5.41) is 3.39. The number of nitrogens with zero attached hydrogens (tertiary/aromatic N) is 2. The Hall–Kier alpha value is -2.74. The number of rotatable bonds is 8. The molecule has 0 spiro atoms. The third-order valence-corrected chi connectivity index (χ3v) is 6.14. The van der Waals surface area contributed by atoms with E-state index in [1.165, 1.54) is 0 Å². The molecule has 0 fully saturated rings. The normalized spacial score (nSPS) is 16.1. The maximum absolute atomic E-state index is 6.20. The lowest BCUT2D eigenvalue weighted by Crippen LogP contribution is -2.27. The van der Waals surface area contributed by atoms with E-state index in [0.29, 0.717) is 5.92 Å². The number of pyridine rings is 1. The van der Waals surface area contributed by atoms with E-state index in [-0.39, 0.29) is 0 Å². The minimum absolute atomic E-state index is 0.408. The van der Waals surface area contributed by atoms with E-state index in [0.717, 1.165) is 69.7 Å². The van der Waals surface area contributed by atoms with Gasteiger partial charge in [0.1, 0.15) is 11.5 Å². The van der Waals surface area contributed by atoms with Crippen molar-refractivity contribution in [3.05, 3.63) is 53.0 Å². The van der Waals surface area contributed by atoms with Crippen LogP contribution in [-0.4, -0.2) is 38.0 Å². The average Bonchev–Trinajstić information content (AvgIpc) is 3.19. The third kappa shape index (κ3) is 4.70. The van der Waals surface area contributed by atoms with Crippen LogP contribution in [0.15, 0.2) is 47.6 Å². The van der Waals surface area contributed by atoms with Crippen LogP contribution in [0.2, 0.25) is 0 Å². The van der Waals surface area contributed by atoms with Gasteiger partial charge in [0.05, 0.1) is 27.4 Å². The molecule has 1 unspecified atom stereocenters. The summed E-state index contributed by atoms with van der Waals surface area (Å²) in [6.45, 7) is 4.48. The van der Waals surface area contributed by atoms with Gasteiger partial charge in [-0.3, -0.25) is 9.98 Å². The molecular weight excluding hydrogens is 396 g/mol. The summed E-state index contributed by atoms with van der Waals surface area (Å²) in [6, 6.07) is 9.65. The molecule has 3 heterocycles. The zero-order valence-corrected chi connectivity index (χ0v) is 18.0. The molecule has 1 aliphatic heterocycles. The van der Waals surface area contributed by atoms with Crippen LogP contribution >= 0.6 is 11.3 Å². The molecule has 7 heteroatoms. The summed E-state index contributed by atoms with van der Waals surface area (Å²) in [5.74, 6) is 2.00. The quantitative estimate of drug-likeness (QED) is 0.408. The summed E-state index contributed by atoms with van der Waals surface area (Å²) in [4.78, 5) is 10.3. The fraction of sp³-hybridized carbons (Fsp3) is 0.304. The first-order valence-corrected chi connectivity index (χ1v) is 10.8. The molecule has 0 saturated heterocycles. The van der Waals surface area contributed by atoms with Crippen molar-refractivity contribution in [3.63, 3.8) is 0 Å². The van der Waals surface area contributed by atoms with Gasteiger partial charge in [-0.1, -0.05) is 6.08 Å². The number of nitrogens with one attached hydrogen (secondary N) is 1. The first-order chi connectivity index (χ1) is 14.6. The molecule has 30 heavy (non-hydrogen) atoms. The summed E-state index contributed by atoms with van der Waals surface area (Å²) >= 11 is 1.66. The van der Waals surface area contributed by atoms with Gasteiger partial charge >= 0.3 is 0 Å². The number of aryl methyl sites for hydroxylation is 1. The van der Waals surface area contributed by atoms with Gasteiger partial charge in [-0.25, -0.2) is 0 Å². The number of hydrogen-bond acceptors (Lipinski definition) is 7. The largest absolute Gasteiger partial charge is 0.455 e. The Balaban J connectivity index is 1.50. The van der Waals surface area contributed by atoms with E-state index in [1.807, 2.05) is 37.4 Å². The summed E-state index contributed by atoms with van der Waals surface area (Å²) in [5.41, 5.74) is 9.50. The van der Waals surface area contributed by atoms with Crippen molar-refractivity contribution in [3.8, 4) is 11.5 Å². The molecule has 3 aromatic rings. The average molecular weight is 423 g/mol. The molecule has 4 rings (SSSR count). The lowest BCUT2D eigenvalue weighted by molar-refractivity contribution is 0.199. The zero-order chi connectivity index (χ0) is 20.9. The second-order valence-corrected chi connectivity index (χ2v) is 8.37. The maximum Gasteiger partial charge on any atom is 0.148 e. The number of nitrogen functional groups attached to an aromatic ring is 1. The molecular formula is C23H26N4O2S. The predicted octanol–water partition coefficient (Wildman–Crippen LogP) is 4.65. The van der Waals surface area contributed by atoms with E-state index < -0.39 is 0 Å². The third-order valence-electron chi connectivity index (χ3n) is 4.98. The number of anilines is 1. The van der Waals surface area contributed by atoms with Crippen LogP contribution in [0.1, 0.15) is 16.9 Å². The first-order valence-electron chi connectivity index (χ1n) is 10.0. The summed E-state index contributed by atoms with van der Waals surface area (Å²) in [6.07, 6.45) is 7.00.